The van der Waals surface area contributed by atoms with Crippen molar-refractivity contribution in [2.75, 3.05) is 0 Å². The first-order valence-corrected chi connectivity index (χ1v) is 8.34. The number of hydrogen-bond donors (Lipinski definition) is 3. The van der Waals surface area contributed by atoms with Crippen LogP contribution in [0.4, 0.5) is 0 Å². The summed E-state index contributed by atoms with van der Waals surface area (Å²) in [5.41, 5.74) is 5.46. The van der Waals surface area contributed by atoms with Crippen LogP contribution >= 0.6 is 0 Å². The molecule has 0 heterocycles. The smallest absolute Gasteiger partial charge is 0.327 e. The van der Waals surface area contributed by atoms with Gasteiger partial charge in [-0.2, -0.15) is 0 Å². The number of hydrazine groups is 1. The van der Waals surface area contributed by atoms with Crippen molar-refractivity contribution in [2.24, 2.45) is 0 Å². The molecule has 0 aromatic heterocycles. The van der Waals surface area contributed by atoms with Crippen LogP contribution in [-0.4, -0.2) is 29.9 Å². The van der Waals surface area contributed by atoms with Gasteiger partial charge in [-0.1, -0.05) is 32.9 Å². The summed E-state index contributed by atoms with van der Waals surface area (Å²) in [6, 6.07) is 7.57. The Morgan fingerprint density at radius 2 is 1.64 bits per heavy atom. The lowest BCUT2D eigenvalue weighted by atomic mass is 9.87. The molecule has 2 rings (SSSR count). The number of rotatable bonds is 4. The van der Waals surface area contributed by atoms with Gasteiger partial charge in [-0.3, -0.25) is 25.2 Å². The fourth-order valence-corrected chi connectivity index (χ4v) is 2.05. The van der Waals surface area contributed by atoms with Crippen molar-refractivity contribution in [1.29, 1.82) is 0 Å². The summed E-state index contributed by atoms with van der Waals surface area (Å²) in [6.45, 7) is 7.90. The topological polar surface area (TPSA) is 96.5 Å². The van der Waals surface area contributed by atoms with E-state index in [1.807, 2.05) is 12.1 Å². The van der Waals surface area contributed by atoms with E-state index in [9.17, 15) is 14.4 Å². The van der Waals surface area contributed by atoms with Gasteiger partial charge in [0.1, 0.15) is 5.75 Å². The molecule has 25 heavy (non-hydrogen) atoms. The monoisotopic (exact) mass is 347 g/mol. The van der Waals surface area contributed by atoms with Gasteiger partial charge in [0, 0.05) is 6.04 Å². The van der Waals surface area contributed by atoms with E-state index in [4.69, 9.17) is 4.74 Å². The van der Waals surface area contributed by atoms with Gasteiger partial charge in [0.15, 0.2) is 6.10 Å². The summed E-state index contributed by atoms with van der Waals surface area (Å²) in [7, 11) is 0. The molecule has 0 saturated heterocycles. The van der Waals surface area contributed by atoms with Crippen molar-refractivity contribution in [2.45, 2.75) is 58.1 Å². The average Bonchev–Trinajstić information content (AvgIpc) is 3.35. The standard InChI is InChI=1S/C18H25N3O4/c1-11(25-14-9-5-12(6-10-14)18(2,3)4)15(22)20-21-17(24)16(23)19-13-7-8-13/h5-6,9-11,13H,7-8H2,1-4H3,(H,19,23)(H,20,22)(H,21,24)/t11-/m0/s1. The van der Waals surface area contributed by atoms with Crippen molar-refractivity contribution in [1.82, 2.24) is 16.2 Å². The van der Waals surface area contributed by atoms with Crippen LogP contribution in [0.15, 0.2) is 24.3 Å². The normalized spacial score (nSPS) is 15.0. The van der Waals surface area contributed by atoms with Gasteiger partial charge in [0.05, 0.1) is 0 Å². The first-order valence-electron chi connectivity index (χ1n) is 8.34. The molecule has 1 saturated carbocycles. The van der Waals surface area contributed by atoms with E-state index in [2.05, 4.69) is 36.9 Å². The van der Waals surface area contributed by atoms with Gasteiger partial charge >= 0.3 is 11.8 Å². The summed E-state index contributed by atoms with van der Waals surface area (Å²) in [4.78, 5) is 35.0. The molecule has 7 heteroatoms. The van der Waals surface area contributed by atoms with E-state index in [0.717, 1.165) is 18.4 Å². The molecule has 0 spiro atoms. The highest BCUT2D eigenvalue weighted by atomic mass is 16.5. The molecule has 0 bridgehead atoms. The molecular formula is C18H25N3O4. The Kier molecular flexibility index (Phi) is 5.66. The predicted molar refractivity (Wildman–Crippen MR) is 92.7 cm³/mol. The maximum absolute atomic E-state index is 12.0. The van der Waals surface area contributed by atoms with E-state index in [1.165, 1.54) is 0 Å². The molecule has 0 radical (unpaired) electrons. The van der Waals surface area contributed by atoms with Crippen molar-refractivity contribution >= 4 is 17.7 Å². The quantitative estimate of drug-likeness (QED) is 0.563. The van der Waals surface area contributed by atoms with Crippen LogP contribution in [0.25, 0.3) is 0 Å². The third-order valence-corrected chi connectivity index (χ3v) is 3.82. The highest BCUT2D eigenvalue weighted by molar-refractivity contribution is 6.35. The van der Waals surface area contributed by atoms with E-state index >= 15 is 0 Å². The van der Waals surface area contributed by atoms with E-state index < -0.39 is 23.8 Å². The summed E-state index contributed by atoms with van der Waals surface area (Å²) in [5, 5.41) is 2.53. The maximum Gasteiger partial charge on any atom is 0.327 e. The maximum atomic E-state index is 12.0. The molecule has 1 atom stereocenters. The minimum Gasteiger partial charge on any atom is -0.481 e. The molecule has 136 valence electrons. The summed E-state index contributed by atoms with van der Waals surface area (Å²) >= 11 is 0. The van der Waals surface area contributed by atoms with E-state index in [1.54, 1.807) is 19.1 Å². The Morgan fingerprint density at radius 1 is 1.04 bits per heavy atom. The van der Waals surface area contributed by atoms with Crippen molar-refractivity contribution in [3.05, 3.63) is 29.8 Å². The van der Waals surface area contributed by atoms with Crippen LogP contribution in [0, 0.1) is 0 Å². The number of hydrogen-bond acceptors (Lipinski definition) is 4. The van der Waals surface area contributed by atoms with Crippen LogP contribution in [0.2, 0.25) is 0 Å². The number of amides is 3. The molecule has 3 amide bonds. The average molecular weight is 347 g/mol. The Labute approximate surface area is 147 Å². The van der Waals surface area contributed by atoms with Crippen molar-refractivity contribution in [3.63, 3.8) is 0 Å². The van der Waals surface area contributed by atoms with Gasteiger partial charge in [-0.05, 0) is 42.9 Å². The SMILES string of the molecule is C[C@H](Oc1ccc(C(C)(C)C)cc1)C(=O)NNC(=O)C(=O)NC1CC1. The zero-order chi connectivity index (χ0) is 18.6. The van der Waals surface area contributed by atoms with Crippen LogP contribution in [0.5, 0.6) is 5.75 Å². The number of benzene rings is 1. The highest BCUT2D eigenvalue weighted by Gasteiger charge is 2.27. The summed E-state index contributed by atoms with van der Waals surface area (Å²) in [5.74, 6) is -1.66. The molecular weight excluding hydrogens is 322 g/mol. The molecule has 1 aliphatic carbocycles. The molecule has 3 N–H and O–H groups in total. The second kappa shape index (κ2) is 7.55. The first-order chi connectivity index (χ1) is 11.7. The first kappa shape index (κ1) is 18.8. The zero-order valence-electron chi connectivity index (χ0n) is 15.0. The molecule has 0 aliphatic heterocycles. The lowest BCUT2D eigenvalue weighted by Gasteiger charge is -2.20. The van der Waals surface area contributed by atoms with Crippen LogP contribution in [0.3, 0.4) is 0 Å². The van der Waals surface area contributed by atoms with Crippen molar-refractivity contribution < 1.29 is 19.1 Å². The molecule has 0 unspecified atom stereocenters. The fourth-order valence-electron chi connectivity index (χ4n) is 2.05. The number of carbonyl (C=O) groups is 3. The second-order valence-electron chi connectivity index (χ2n) is 7.23. The van der Waals surface area contributed by atoms with Gasteiger partial charge in [0.25, 0.3) is 5.91 Å². The minimum absolute atomic E-state index is 0.0346. The minimum atomic E-state index is -0.901. The van der Waals surface area contributed by atoms with E-state index in [0.29, 0.717) is 5.75 Å². The lowest BCUT2D eigenvalue weighted by molar-refractivity contribution is -0.141. The fraction of sp³-hybridized carbons (Fsp3) is 0.500. The van der Waals surface area contributed by atoms with E-state index in [-0.39, 0.29) is 11.5 Å². The Balaban J connectivity index is 1.79. The van der Waals surface area contributed by atoms with Crippen LogP contribution in [-0.2, 0) is 19.8 Å². The number of carbonyl (C=O) groups excluding carboxylic acids is 3. The molecule has 1 fully saturated rings. The zero-order valence-corrected chi connectivity index (χ0v) is 15.0. The Bertz CT molecular complexity index is 645. The Morgan fingerprint density at radius 3 is 2.16 bits per heavy atom. The third kappa shape index (κ3) is 5.77. The van der Waals surface area contributed by atoms with Crippen LogP contribution in [0.1, 0.15) is 46.1 Å². The molecule has 1 aliphatic rings. The van der Waals surface area contributed by atoms with Gasteiger partial charge in [0.2, 0.25) is 0 Å². The number of nitrogens with one attached hydrogen (secondary N) is 3. The van der Waals surface area contributed by atoms with Gasteiger partial charge < -0.3 is 10.1 Å². The highest BCUT2D eigenvalue weighted by Crippen LogP contribution is 2.24. The van der Waals surface area contributed by atoms with Crippen molar-refractivity contribution in [3.8, 4) is 5.75 Å². The summed E-state index contributed by atoms with van der Waals surface area (Å²) < 4.78 is 5.55. The number of ether oxygens (including phenoxy) is 1. The third-order valence-electron chi connectivity index (χ3n) is 3.82. The van der Waals surface area contributed by atoms with Gasteiger partial charge in [-0.25, -0.2) is 0 Å². The van der Waals surface area contributed by atoms with Crippen LogP contribution < -0.4 is 20.9 Å². The van der Waals surface area contributed by atoms with Gasteiger partial charge in [-0.15, -0.1) is 0 Å². The predicted octanol–water partition coefficient (Wildman–Crippen LogP) is 1.18. The Hall–Kier alpha value is -2.57. The lowest BCUT2D eigenvalue weighted by Crippen LogP contribution is -2.51. The largest absolute Gasteiger partial charge is 0.481 e. The summed E-state index contributed by atoms with van der Waals surface area (Å²) in [6.07, 6.45) is 0.932. The molecule has 1 aromatic rings. The molecule has 1 aromatic carbocycles. The molecule has 7 nitrogen and oxygen atoms in total. The second-order valence-corrected chi connectivity index (χ2v) is 7.23.